The summed E-state index contributed by atoms with van der Waals surface area (Å²) in [6, 6.07) is 1.34. The van der Waals surface area contributed by atoms with Crippen LogP contribution in [0, 0.1) is 0 Å². The smallest absolute Gasteiger partial charge is 0.353 e. The molecule has 1 aromatic heterocycles. The fraction of sp³-hybridized carbons (Fsp3) is 0.852. The van der Waals surface area contributed by atoms with Gasteiger partial charge in [0.1, 0.15) is 18.3 Å². The van der Waals surface area contributed by atoms with E-state index >= 15 is 0 Å². The minimum Gasteiger partial charge on any atom is -0.414 e. The van der Waals surface area contributed by atoms with E-state index in [1.807, 2.05) is 0 Å². The SMILES string of the molecule is CC(C)(C)[Si](C)(C)OC[C@H]1O[C@@H](n2ccc(O[SH](=O)=O)nc2=O)[C@@H](O[Si](C)(C)C(C)(C)C)C1O[Si](C)(C)C(C)(C)C. The third-order valence-corrected chi connectivity index (χ3v) is 23.2. The van der Waals surface area contributed by atoms with E-state index in [0.29, 0.717) is 6.61 Å². The van der Waals surface area contributed by atoms with Gasteiger partial charge in [-0.2, -0.15) is 13.4 Å². The Balaban J connectivity index is 2.68. The third-order valence-electron chi connectivity index (χ3n) is 9.42. The lowest BCUT2D eigenvalue weighted by molar-refractivity contribution is -0.0510. The van der Waals surface area contributed by atoms with Crippen molar-refractivity contribution in [2.24, 2.45) is 0 Å². The molecule has 0 amide bonds. The molecule has 1 saturated heterocycles. The van der Waals surface area contributed by atoms with E-state index in [-0.39, 0.29) is 21.0 Å². The first-order chi connectivity index (χ1) is 18.2. The van der Waals surface area contributed by atoms with Crippen LogP contribution in [-0.4, -0.2) is 67.8 Å². The van der Waals surface area contributed by atoms with E-state index in [2.05, 4.69) is 111 Å². The van der Waals surface area contributed by atoms with Crippen molar-refractivity contribution in [2.75, 3.05) is 6.61 Å². The Morgan fingerprint density at radius 1 is 0.829 bits per heavy atom. The lowest BCUT2D eigenvalue weighted by Crippen LogP contribution is -2.54. The van der Waals surface area contributed by atoms with Crippen LogP contribution in [0.25, 0.3) is 0 Å². The van der Waals surface area contributed by atoms with Crippen LogP contribution in [0.1, 0.15) is 68.5 Å². The Kier molecular flexibility index (Phi) is 10.9. The minimum atomic E-state index is -3.21. The first kappa shape index (κ1) is 36.3. The summed E-state index contributed by atoms with van der Waals surface area (Å²) in [6.45, 7) is 33.0. The van der Waals surface area contributed by atoms with Gasteiger partial charge in [-0.3, -0.25) is 4.57 Å². The van der Waals surface area contributed by atoms with E-state index in [1.54, 1.807) is 0 Å². The molecule has 1 aliphatic rings. The van der Waals surface area contributed by atoms with Gasteiger partial charge < -0.3 is 22.2 Å². The summed E-state index contributed by atoms with van der Waals surface area (Å²) in [6.07, 6.45) is -1.05. The molecule has 0 spiro atoms. The Hall–Kier alpha value is -0.879. The second-order valence-electron chi connectivity index (χ2n) is 15.6. The molecule has 0 radical (unpaired) electrons. The highest BCUT2D eigenvalue weighted by Crippen LogP contribution is 2.46. The average molecular weight is 651 g/mol. The van der Waals surface area contributed by atoms with E-state index in [9.17, 15) is 13.2 Å². The van der Waals surface area contributed by atoms with E-state index in [0.717, 1.165) is 0 Å². The van der Waals surface area contributed by atoms with Gasteiger partial charge in [-0.25, -0.2) is 4.79 Å². The molecule has 1 aromatic rings. The van der Waals surface area contributed by atoms with E-state index in [4.69, 9.17) is 18.0 Å². The predicted octanol–water partition coefficient (Wildman–Crippen LogP) is 5.85. The molecular formula is C27H54N2O8SSi3. The van der Waals surface area contributed by atoms with Gasteiger partial charge in [-0.1, -0.05) is 62.3 Å². The zero-order valence-electron chi connectivity index (χ0n) is 27.8. The Morgan fingerprint density at radius 2 is 1.29 bits per heavy atom. The summed E-state index contributed by atoms with van der Waals surface area (Å²) in [4.78, 5) is 17.1. The molecule has 4 atom stereocenters. The van der Waals surface area contributed by atoms with Crippen molar-refractivity contribution in [1.82, 2.24) is 9.55 Å². The molecule has 1 aliphatic heterocycles. The van der Waals surface area contributed by atoms with Crippen molar-refractivity contribution in [2.45, 2.75) is 141 Å². The van der Waals surface area contributed by atoms with Crippen LogP contribution in [0.5, 0.6) is 5.88 Å². The molecule has 0 bridgehead atoms. The minimum absolute atomic E-state index is 0.00292. The Morgan fingerprint density at radius 3 is 1.71 bits per heavy atom. The number of thiol groups is 1. The van der Waals surface area contributed by atoms with Gasteiger partial charge in [0.15, 0.2) is 31.2 Å². The number of hydrogen-bond acceptors (Lipinski definition) is 9. The maximum Gasteiger partial charge on any atom is 0.353 e. The average Bonchev–Trinajstić information content (AvgIpc) is 3.05. The highest BCUT2D eigenvalue weighted by atomic mass is 32.2. The number of aromatic nitrogens is 2. The normalized spacial score (nSPS) is 23.3. The fourth-order valence-corrected chi connectivity index (χ4v) is 7.47. The molecule has 1 fully saturated rings. The van der Waals surface area contributed by atoms with Crippen molar-refractivity contribution in [1.29, 1.82) is 0 Å². The van der Waals surface area contributed by atoms with Crippen LogP contribution in [0.2, 0.25) is 54.4 Å². The number of nitrogens with zero attached hydrogens (tertiary/aromatic N) is 2. The van der Waals surface area contributed by atoms with Crippen LogP contribution in [0.4, 0.5) is 0 Å². The topological polar surface area (TPSA) is 115 Å². The number of hydrogen-bond donors (Lipinski definition) is 1. The maximum absolute atomic E-state index is 13.2. The third kappa shape index (κ3) is 8.61. The van der Waals surface area contributed by atoms with E-state index in [1.165, 1.54) is 16.8 Å². The van der Waals surface area contributed by atoms with Crippen LogP contribution in [0.3, 0.4) is 0 Å². The zero-order chi connectivity index (χ0) is 32.0. The second kappa shape index (κ2) is 12.3. The number of ether oxygens (including phenoxy) is 1. The molecule has 2 heterocycles. The first-order valence-electron chi connectivity index (χ1n) is 14.3. The van der Waals surface area contributed by atoms with Crippen LogP contribution in [-0.2, 0) is 29.0 Å². The van der Waals surface area contributed by atoms with Gasteiger partial charge in [-0.05, 0) is 54.4 Å². The molecule has 238 valence electrons. The summed E-state index contributed by atoms with van der Waals surface area (Å²) in [5.74, 6) is -0.297. The standard InChI is InChI=1S/C27H54N2O8SSi3/c1-25(2,3)39(10,11)33-18-19-21(36-40(12,13)26(4,5)6)22(37-41(14,15)27(7,8)9)23(34-19)29-17-16-20(28-24(29)30)35-38(31)32/h16-17,19,21-23,38H,18H2,1-15H3/t19-,21?,22+,23-/m1/s1. The van der Waals surface area contributed by atoms with Crippen molar-refractivity contribution < 1.29 is 30.6 Å². The largest absolute Gasteiger partial charge is 0.414 e. The van der Waals surface area contributed by atoms with Crippen molar-refractivity contribution in [3.63, 3.8) is 0 Å². The van der Waals surface area contributed by atoms with Crippen molar-refractivity contribution >= 4 is 35.9 Å². The molecule has 0 aliphatic carbocycles. The van der Waals surface area contributed by atoms with Gasteiger partial charge in [0, 0.05) is 12.3 Å². The predicted molar refractivity (Wildman–Crippen MR) is 171 cm³/mol. The first-order valence-corrected chi connectivity index (χ1v) is 24.1. The van der Waals surface area contributed by atoms with Crippen LogP contribution >= 0.6 is 0 Å². The van der Waals surface area contributed by atoms with E-state index < -0.39 is 66.2 Å². The summed E-state index contributed by atoms with van der Waals surface area (Å²) in [5, 5.41) is -0.198. The van der Waals surface area contributed by atoms with Crippen molar-refractivity contribution in [3.05, 3.63) is 22.7 Å². The monoisotopic (exact) mass is 650 g/mol. The van der Waals surface area contributed by atoms with Crippen molar-refractivity contribution in [3.8, 4) is 5.88 Å². The zero-order valence-corrected chi connectivity index (χ0v) is 31.7. The van der Waals surface area contributed by atoms with Gasteiger partial charge in [-0.15, -0.1) is 0 Å². The summed E-state index contributed by atoms with van der Waals surface area (Å²) in [5.41, 5.74) is -0.703. The van der Waals surface area contributed by atoms with Gasteiger partial charge >= 0.3 is 16.7 Å². The molecule has 0 N–H and O–H groups in total. The summed E-state index contributed by atoms with van der Waals surface area (Å²) in [7, 11) is -10.1. The second-order valence-corrected chi connectivity index (χ2v) is 30.5. The fourth-order valence-electron chi connectivity index (χ4n) is 3.59. The molecule has 1 unspecified atom stereocenters. The highest BCUT2D eigenvalue weighted by molar-refractivity contribution is 7.67. The highest BCUT2D eigenvalue weighted by Gasteiger charge is 2.55. The van der Waals surface area contributed by atoms with Crippen LogP contribution < -0.4 is 9.87 Å². The lowest BCUT2D eigenvalue weighted by atomic mass is 10.1. The Labute approximate surface area is 252 Å². The molecule has 2 rings (SSSR count). The molecule has 10 nitrogen and oxygen atoms in total. The van der Waals surface area contributed by atoms with Gasteiger partial charge in [0.2, 0.25) is 5.88 Å². The summed E-state index contributed by atoms with van der Waals surface area (Å²) < 4.78 is 55.5. The van der Waals surface area contributed by atoms with Gasteiger partial charge in [0.05, 0.1) is 6.61 Å². The molecule has 14 heteroatoms. The maximum atomic E-state index is 13.2. The molecule has 41 heavy (non-hydrogen) atoms. The molecular weight excluding hydrogens is 597 g/mol. The molecule has 0 saturated carbocycles. The van der Waals surface area contributed by atoms with Gasteiger partial charge in [0.25, 0.3) is 0 Å². The number of rotatable bonds is 10. The molecule has 0 aromatic carbocycles. The Bertz CT molecular complexity index is 1190. The quantitative estimate of drug-likeness (QED) is 0.246. The van der Waals surface area contributed by atoms with Crippen LogP contribution in [0.15, 0.2) is 17.1 Å². The summed E-state index contributed by atoms with van der Waals surface area (Å²) >= 11 is 0. The lowest BCUT2D eigenvalue weighted by Gasteiger charge is -2.44.